The van der Waals surface area contributed by atoms with Gasteiger partial charge in [0, 0.05) is 4.47 Å². The average Bonchev–Trinajstić information content (AvgIpc) is 2.89. The van der Waals surface area contributed by atoms with Gasteiger partial charge in [-0.2, -0.15) is 0 Å². The van der Waals surface area contributed by atoms with E-state index in [1.165, 1.54) is 16.7 Å². The fraction of sp³-hybridized carbons (Fsp3) is 0.316. The number of amides is 1. The van der Waals surface area contributed by atoms with Crippen molar-refractivity contribution in [2.75, 3.05) is 0 Å². The minimum absolute atomic E-state index is 0.0522. The molecule has 0 bridgehead atoms. The average molecular weight is 373 g/mol. The molecule has 120 valence electrons. The number of halogens is 1. The van der Waals surface area contributed by atoms with E-state index in [2.05, 4.69) is 46.4 Å². The lowest BCUT2D eigenvalue weighted by atomic mass is 9.91. The number of nitrogens with two attached hydrogens (primary N) is 1. The molecule has 2 aromatic rings. The molecule has 0 saturated heterocycles. The molecule has 1 aliphatic carbocycles. The van der Waals surface area contributed by atoms with Crippen molar-refractivity contribution >= 4 is 21.8 Å². The molecule has 3 nitrogen and oxygen atoms in total. The smallest absolute Gasteiger partial charge is 0.244 e. The van der Waals surface area contributed by atoms with Gasteiger partial charge in [-0.05, 0) is 55.5 Å². The highest BCUT2D eigenvalue weighted by Crippen LogP contribution is 2.32. The van der Waals surface area contributed by atoms with Crippen molar-refractivity contribution in [2.24, 2.45) is 5.73 Å². The summed E-state index contributed by atoms with van der Waals surface area (Å²) in [5.41, 5.74) is 9.89. The van der Waals surface area contributed by atoms with Crippen LogP contribution in [0.15, 0.2) is 46.9 Å². The van der Waals surface area contributed by atoms with Crippen LogP contribution in [0, 0.1) is 6.92 Å². The van der Waals surface area contributed by atoms with Crippen molar-refractivity contribution in [2.45, 2.75) is 38.3 Å². The second-order valence-electron chi connectivity index (χ2n) is 6.48. The minimum Gasteiger partial charge on any atom is -0.347 e. The van der Waals surface area contributed by atoms with Crippen LogP contribution in [0.2, 0.25) is 0 Å². The van der Waals surface area contributed by atoms with Crippen LogP contribution in [0.5, 0.6) is 0 Å². The molecule has 3 N–H and O–H groups in total. The highest BCUT2D eigenvalue weighted by molar-refractivity contribution is 9.10. The van der Waals surface area contributed by atoms with Crippen LogP contribution in [0.3, 0.4) is 0 Å². The van der Waals surface area contributed by atoms with Crippen molar-refractivity contribution < 1.29 is 4.79 Å². The van der Waals surface area contributed by atoms with Crippen LogP contribution in [0.25, 0.3) is 0 Å². The first-order chi connectivity index (χ1) is 10.9. The van der Waals surface area contributed by atoms with Gasteiger partial charge in [-0.15, -0.1) is 0 Å². The summed E-state index contributed by atoms with van der Waals surface area (Å²) in [7, 11) is 0. The highest BCUT2D eigenvalue weighted by atomic mass is 79.9. The number of fused-ring (bicyclic) bond motifs is 1. The topological polar surface area (TPSA) is 55.1 Å². The Balaban J connectivity index is 1.79. The van der Waals surface area contributed by atoms with Gasteiger partial charge in [-0.1, -0.05) is 51.8 Å². The second-order valence-corrected chi connectivity index (χ2v) is 7.39. The molecule has 0 radical (unpaired) electrons. The number of aryl methyl sites for hydroxylation is 2. The van der Waals surface area contributed by atoms with Gasteiger partial charge in [0.15, 0.2) is 0 Å². The van der Waals surface area contributed by atoms with Gasteiger partial charge in [-0.3, -0.25) is 4.79 Å². The number of nitrogens with one attached hydrogen (secondary N) is 1. The van der Waals surface area contributed by atoms with Crippen LogP contribution in [0.1, 0.15) is 41.6 Å². The predicted molar refractivity (Wildman–Crippen MR) is 96.1 cm³/mol. The molecule has 0 spiro atoms. The maximum absolute atomic E-state index is 12.7. The summed E-state index contributed by atoms with van der Waals surface area (Å²) in [4.78, 5) is 12.7. The third-order valence-corrected chi connectivity index (χ3v) is 5.13. The third kappa shape index (κ3) is 3.19. The number of benzene rings is 2. The molecule has 2 aromatic carbocycles. The molecule has 0 aromatic heterocycles. The van der Waals surface area contributed by atoms with E-state index < -0.39 is 5.54 Å². The summed E-state index contributed by atoms with van der Waals surface area (Å²) in [6.45, 7) is 3.85. The van der Waals surface area contributed by atoms with Crippen LogP contribution < -0.4 is 11.1 Å². The molecule has 0 aliphatic heterocycles. The minimum atomic E-state index is -1.05. The second kappa shape index (κ2) is 6.10. The quantitative estimate of drug-likeness (QED) is 0.861. The molecule has 1 amide bonds. The fourth-order valence-corrected chi connectivity index (χ4v) is 3.40. The summed E-state index contributed by atoms with van der Waals surface area (Å²) in [6.07, 6.45) is 1.93. The van der Waals surface area contributed by atoms with Gasteiger partial charge in [0.2, 0.25) is 5.91 Å². The van der Waals surface area contributed by atoms with Gasteiger partial charge in [-0.25, -0.2) is 0 Å². The molecular formula is C19H21BrN2O. The number of carbonyl (C=O) groups is 1. The van der Waals surface area contributed by atoms with Gasteiger partial charge in [0.1, 0.15) is 5.54 Å². The van der Waals surface area contributed by atoms with Crippen LogP contribution >= 0.6 is 15.9 Å². The zero-order valence-electron chi connectivity index (χ0n) is 13.4. The number of carbonyl (C=O) groups excluding carboxylic acids is 1. The van der Waals surface area contributed by atoms with E-state index in [4.69, 9.17) is 5.73 Å². The van der Waals surface area contributed by atoms with Crippen LogP contribution in [-0.2, 0) is 16.8 Å². The Kier molecular flexibility index (Phi) is 4.30. The van der Waals surface area contributed by atoms with E-state index in [1.54, 1.807) is 6.92 Å². The Bertz CT molecular complexity index is 738. The summed E-state index contributed by atoms with van der Waals surface area (Å²) in [5, 5.41) is 3.13. The standard InChI is InChI=1S/C19H21BrN2O/c1-12-3-9-16-13(11-12)4-10-17(16)22-18(23)19(2,21)14-5-7-15(20)8-6-14/h3,5-9,11,17H,4,10,21H2,1-2H3,(H,22,23). The van der Waals surface area contributed by atoms with E-state index in [9.17, 15) is 4.79 Å². The van der Waals surface area contributed by atoms with Crippen molar-refractivity contribution in [3.8, 4) is 0 Å². The van der Waals surface area contributed by atoms with Crippen molar-refractivity contribution in [3.63, 3.8) is 0 Å². The first-order valence-electron chi connectivity index (χ1n) is 7.83. The van der Waals surface area contributed by atoms with Crippen molar-refractivity contribution in [1.29, 1.82) is 0 Å². The molecule has 1 aliphatic rings. The first-order valence-corrected chi connectivity index (χ1v) is 8.62. The van der Waals surface area contributed by atoms with E-state index in [0.717, 1.165) is 22.9 Å². The Morgan fingerprint density at radius 2 is 1.96 bits per heavy atom. The Hall–Kier alpha value is -1.65. The van der Waals surface area contributed by atoms with Gasteiger partial charge < -0.3 is 11.1 Å². The van der Waals surface area contributed by atoms with E-state index >= 15 is 0 Å². The Morgan fingerprint density at radius 3 is 2.65 bits per heavy atom. The lowest BCUT2D eigenvalue weighted by Crippen LogP contribution is -2.49. The summed E-state index contributed by atoms with van der Waals surface area (Å²) >= 11 is 3.40. The number of rotatable bonds is 3. The first kappa shape index (κ1) is 16.2. The molecule has 2 atom stereocenters. The normalized spacial score (nSPS) is 19.0. The van der Waals surface area contributed by atoms with Gasteiger partial charge >= 0.3 is 0 Å². The summed E-state index contributed by atoms with van der Waals surface area (Å²) in [5.74, 6) is -0.141. The van der Waals surface area contributed by atoms with E-state index in [1.807, 2.05) is 24.3 Å². The molecule has 4 heteroatoms. The third-order valence-electron chi connectivity index (χ3n) is 4.60. The van der Waals surface area contributed by atoms with Crippen molar-refractivity contribution in [3.05, 3.63) is 69.2 Å². The van der Waals surface area contributed by atoms with Gasteiger partial charge in [0.05, 0.1) is 6.04 Å². The summed E-state index contributed by atoms with van der Waals surface area (Å²) in [6, 6.07) is 14.1. The predicted octanol–water partition coefficient (Wildman–Crippen LogP) is 3.74. The highest BCUT2D eigenvalue weighted by Gasteiger charge is 2.33. The number of hydrogen-bond acceptors (Lipinski definition) is 2. The molecular weight excluding hydrogens is 352 g/mol. The van der Waals surface area contributed by atoms with Crippen molar-refractivity contribution in [1.82, 2.24) is 5.32 Å². The zero-order valence-corrected chi connectivity index (χ0v) is 15.0. The molecule has 3 rings (SSSR count). The Labute approximate surface area is 145 Å². The maximum Gasteiger partial charge on any atom is 0.244 e. The summed E-state index contributed by atoms with van der Waals surface area (Å²) < 4.78 is 0.970. The SMILES string of the molecule is Cc1ccc2c(c1)CCC2NC(=O)C(C)(N)c1ccc(Br)cc1. The molecule has 23 heavy (non-hydrogen) atoms. The Morgan fingerprint density at radius 1 is 1.26 bits per heavy atom. The number of hydrogen-bond donors (Lipinski definition) is 2. The molecule has 2 unspecified atom stereocenters. The van der Waals surface area contributed by atoms with Gasteiger partial charge in [0.25, 0.3) is 0 Å². The van der Waals surface area contributed by atoms with E-state index in [-0.39, 0.29) is 11.9 Å². The maximum atomic E-state index is 12.7. The largest absolute Gasteiger partial charge is 0.347 e. The monoisotopic (exact) mass is 372 g/mol. The fourth-order valence-electron chi connectivity index (χ4n) is 3.13. The lowest BCUT2D eigenvalue weighted by Gasteiger charge is -2.26. The molecule has 0 fully saturated rings. The van der Waals surface area contributed by atoms with Crippen LogP contribution in [-0.4, -0.2) is 5.91 Å². The lowest BCUT2D eigenvalue weighted by molar-refractivity contribution is -0.126. The van der Waals surface area contributed by atoms with Crippen LogP contribution in [0.4, 0.5) is 0 Å². The molecule has 0 heterocycles. The van der Waals surface area contributed by atoms with E-state index in [0.29, 0.717) is 0 Å². The molecule has 0 saturated carbocycles. The zero-order chi connectivity index (χ0) is 16.6.